The molecule has 1 aromatic carbocycles. The summed E-state index contributed by atoms with van der Waals surface area (Å²) >= 11 is 0. The zero-order valence-electron chi connectivity index (χ0n) is 12.5. The molecule has 112 valence electrons. The van der Waals surface area contributed by atoms with Crippen molar-refractivity contribution >= 4 is 11.6 Å². The van der Waals surface area contributed by atoms with Crippen molar-refractivity contribution in [1.29, 1.82) is 5.26 Å². The molecule has 5 nitrogen and oxygen atoms in total. The van der Waals surface area contributed by atoms with Crippen molar-refractivity contribution in [2.45, 2.75) is 26.7 Å². The minimum Gasteiger partial charge on any atom is -0.508 e. The summed E-state index contributed by atoms with van der Waals surface area (Å²) in [6, 6.07) is 8.06. The Morgan fingerprint density at radius 1 is 1.29 bits per heavy atom. The topological polar surface area (TPSA) is 76.4 Å². The molecular formula is C16H21N3O2. The summed E-state index contributed by atoms with van der Waals surface area (Å²) < 4.78 is 0. The molecule has 2 N–H and O–H groups in total. The van der Waals surface area contributed by atoms with E-state index in [2.05, 4.69) is 19.2 Å². The van der Waals surface area contributed by atoms with E-state index in [9.17, 15) is 9.90 Å². The first-order chi connectivity index (χ1) is 10.1. The van der Waals surface area contributed by atoms with Crippen LogP contribution in [-0.4, -0.2) is 29.0 Å². The quantitative estimate of drug-likeness (QED) is 0.459. The Kier molecular flexibility index (Phi) is 6.82. The van der Waals surface area contributed by atoms with Gasteiger partial charge in [0.2, 0.25) is 0 Å². The summed E-state index contributed by atoms with van der Waals surface area (Å²) in [5, 5.41) is 21.0. The lowest BCUT2D eigenvalue weighted by molar-refractivity contribution is -0.112. The highest BCUT2D eigenvalue weighted by atomic mass is 16.3. The lowest BCUT2D eigenvalue weighted by atomic mass is 10.2. The number of rotatable bonds is 7. The molecule has 0 fully saturated rings. The molecule has 0 aliphatic heterocycles. The summed E-state index contributed by atoms with van der Waals surface area (Å²) in [5.74, 6) is -0.318. The highest BCUT2D eigenvalue weighted by Crippen LogP contribution is 2.14. The monoisotopic (exact) mass is 287 g/mol. The molecular weight excluding hydrogens is 266 g/mol. The molecule has 0 atom stereocenters. The number of amides is 1. The predicted octanol–water partition coefficient (Wildman–Crippen LogP) is 2.86. The normalized spacial score (nSPS) is 10.8. The Morgan fingerprint density at radius 3 is 2.33 bits per heavy atom. The first-order valence-corrected chi connectivity index (χ1v) is 7.07. The van der Waals surface area contributed by atoms with E-state index < -0.39 is 5.91 Å². The third-order valence-corrected chi connectivity index (χ3v) is 2.82. The lowest BCUT2D eigenvalue weighted by Gasteiger charge is -2.19. The van der Waals surface area contributed by atoms with Crippen LogP contribution in [0.25, 0.3) is 0 Å². The number of phenolic OH excluding ortho intramolecular Hbond substituents is 1. The highest BCUT2D eigenvalue weighted by molar-refractivity contribution is 6.06. The SMILES string of the molecule is CCCN(/C=C(/C#N)C(=O)Nc1ccc(O)cc1)CCC. The average Bonchev–Trinajstić information content (AvgIpc) is 2.47. The first-order valence-electron chi connectivity index (χ1n) is 7.07. The van der Waals surface area contributed by atoms with Crippen molar-refractivity contribution in [2.24, 2.45) is 0 Å². The molecule has 0 aliphatic carbocycles. The van der Waals surface area contributed by atoms with Crippen molar-refractivity contribution in [2.75, 3.05) is 18.4 Å². The Balaban J connectivity index is 2.80. The smallest absolute Gasteiger partial charge is 0.267 e. The number of nitrogens with one attached hydrogen (secondary N) is 1. The Bertz CT molecular complexity index is 523. The van der Waals surface area contributed by atoms with Crippen LogP contribution in [-0.2, 0) is 4.79 Å². The standard InChI is InChI=1S/C16H21N3O2/c1-3-9-19(10-4-2)12-13(11-17)16(21)18-14-5-7-15(20)8-6-14/h5-8,12,20H,3-4,9-10H2,1-2H3,(H,18,21)/b13-12-. The molecule has 5 heteroatoms. The fraction of sp³-hybridized carbons (Fsp3) is 0.375. The molecule has 0 spiro atoms. The number of hydrogen-bond acceptors (Lipinski definition) is 4. The van der Waals surface area contributed by atoms with E-state index in [-0.39, 0.29) is 11.3 Å². The number of anilines is 1. The van der Waals surface area contributed by atoms with E-state index in [1.165, 1.54) is 12.1 Å². The molecule has 0 heterocycles. The zero-order chi connectivity index (χ0) is 15.7. The maximum absolute atomic E-state index is 12.1. The van der Waals surface area contributed by atoms with Crippen molar-refractivity contribution in [3.8, 4) is 11.8 Å². The molecule has 21 heavy (non-hydrogen) atoms. The van der Waals surface area contributed by atoms with Gasteiger partial charge in [0.15, 0.2) is 0 Å². The van der Waals surface area contributed by atoms with Gasteiger partial charge in [-0.2, -0.15) is 5.26 Å². The molecule has 0 aromatic heterocycles. The van der Waals surface area contributed by atoms with Crippen LogP contribution in [0.1, 0.15) is 26.7 Å². The second kappa shape index (κ2) is 8.64. The van der Waals surface area contributed by atoms with E-state index in [1.54, 1.807) is 18.3 Å². The number of hydrogen-bond donors (Lipinski definition) is 2. The maximum atomic E-state index is 12.1. The van der Waals surface area contributed by atoms with Crippen LogP contribution in [0.2, 0.25) is 0 Å². The Hall–Kier alpha value is -2.48. The van der Waals surface area contributed by atoms with Gasteiger partial charge in [-0.05, 0) is 37.1 Å². The number of nitriles is 1. The summed E-state index contributed by atoms with van der Waals surface area (Å²) in [6.45, 7) is 5.73. The van der Waals surface area contributed by atoms with Crippen LogP contribution in [0, 0.1) is 11.3 Å². The van der Waals surface area contributed by atoms with E-state index in [0.717, 1.165) is 25.9 Å². The van der Waals surface area contributed by atoms with Gasteiger partial charge in [-0.1, -0.05) is 13.8 Å². The number of carbonyl (C=O) groups excluding carboxylic acids is 1. The molecule has 0 saturated carbocycles. The number of nitrogens with zero attached hydrogens (tertiary/aromatic N) is 2. The van der Waals surface area contributed by atoms with E-state index in [0.29, 0.717) is 5.69 Å². The lowest BCUT2D eigenvalue weighted by Crippen LogP contribution is -2.22. The first kappa shape index (κ1) is 16.6. The van der Waals surface area contributed by atoms with E-state index in [4.69, 9.17) is 5.26 Å². The summed E-state index contributed by atoms with van der Waals surface area (Å²) in [4.78, 5) is 14.1. The van der Waals surface area contributed by atoms with Crippen molar-refractivity contribution in [3.63, 3.8) is 0 Å². The third kappa shape index (κ3) is 5.57. The van der Waals surface area contributed by atoms with Gasteiger partial charge < -0.3 is 15.3 Å². The van der Waals surface area contributed by atoms with Crippen molar-refractivity contribution in [1.82, 2.24) is 4.90 Å². The minimum absolute atomic E-state index is 0.0741. The van der Waals surface area contributed by atoms with Crippen molar-refractivity contribution < 1.29 is 9.90 Å². The molecule has 0 unspecified atom stereocenters. The van der Waals surface area contributed by atoms with E-state index in [1.807, 2.05) is 11.0 Å². The number of aromatic hydroxyl groups is 1. The molecule has 1 amide bonds. The molecule has 0 radical (unpaired) electrons. The third-order valence-electron chi connectivity index (χ3n) is 2.82. The molecule has 0 bridgehead atoms. The van der Waals surface area contributed by atoms with Crippen LogP contribution in [0.4, 0.5) is 5.69 Å². The largest absolute Gasteiger partial charge is 0.508 e. The minimum atomic E-state index is -0.444. The predicted molar refractivity (Wildman–Crippen MR) is 82.6 cm³/mol. The van der Waals surface area contributed by atoms with Gasteiger partial charge >= 0.3 is 0 Å². The highest BCUT2D eigenvalue weighted by Gasteiger charge is 2.11. The zero-order valence-corrected chi connectivity index (χ0v) is 12.5. The maximum Gasteiger partial charge on any atom is 0.267 e. The molecule has 1 aromatic rings. The van der Waals surface area contributed by atoms with Gasteiger partial charge in [0, 0.05) is 25.0 Å². The van der Waals surface area contributed by atoms with Gasteiger partial charge in [-0.25, -0.2) is 0 Å². The van der Waals surface area contributed by atoms with Gasteiger partial charge in [0.1, 0.15) is 17.4 Å². The van der Waals surface area contributed by atoms with Crippen LogP contribution in [0.5, 0.6) is 5.75 Å². The molecule has 1 rings (SSSR count). The Labute approximate surface area is 125 Å². The van der Waals surface area contributed by atoms with Gasteiger partial charge in [0.25, 0.3) is 5.91 Å². The second-order valence-corrected chi connectivity index (χ2v) is 4.69. The molecule has 0 saturated heterocycles. The van der Waals surface area contributed by atoms with Crippen molar-refractivity contribution in [3.05, 3.63) is 36.0 Å². The summed E-state index contributed by atoms with van der Waals surface area (Å²) in [6.07, 6.45) is 3.52. The van der Waals surface area contributed by atoms with Crippen LogP contribution in [0.3, 0.4) is 0 Å². The molecule has 0 aliphatic rings. The van der Waals surface area contributed by atoms with Crippen LogP contribution in [0.15, 0.2) is 36.0 Å². The van der Waals surface area contributed by atoms with Gasteiger partial charge in [-0.3, -0.25) is 4.79 Å². The van der Waals surface area contributed by atoms with E-state index >= 15 is 0 Å². The van der Waals surface area contributed by atoms with Crippen LogP contribution >= 0.6 is 0 Å². The summed E-state index contributed by atoms with van der Waals surface area (Å²) in [5.41, 5.74) is 0.612. The van der Waals surface area contributed by atoms with Crippen LogP contribution < -0.4 is 5.32 Å². The fourth-order valence-electron chi connectivity index (χ4n) is 1.88. The number of phenols is 1. The average molecular weight is 287 g/mol. The van der Waals surface area contributed by atoms with Gasteiger partial charge in [0.05, 0.1) is 0 Å². The van der Waals surface area contributed by atoms with Gasteiger partial charge in [-0.15, -0.1) is 0 Å². The Morgan fingerprint density at radius 2 is 1.86 bits per heavy atom. The summed E-state index contributed by atoms with van der Waals surface area (Å²) in [7, 11) is 0. The fourth-order valence-corrected chi connectivity index (χ4v) is 1.88. The number of benzene rings is 1. The second-order valence-electron chi connectivity index (χ2n) is 4.69. The number of carbonyl (C=O) groups is 1.